The van der Waals surface area contributed by atoms with E-state index in [9.17, 15) is 8.78 Å². The molecule has 1 heterocycles. The van der Waals surface area contributed by atoms with Crippen molar-refractivity contribution in [1.82, 2.24) is 0 Å². The van der Waals surface area contributed by atoms with E-state index in [-0.39, 0.29) is 28.1 Å². The lowest BCUT2D eigenvalue weighted by Crippen LogP contribution is -2.04. The maximum absolute atomic E-state index is 12.2. The van der Waals surface area contributed by atoms with Gasteiger partial charge in [0.2, 0.25) is 5.76 Å². The quantitative estimate of drug-likeness (QED) is 0.864. The molecule has 4 nitrogen and oxygen atoms in total. The van der Waals surface area contributed by atoms with Crippen LogP contribution in [0.4, 0.5) is 14.5 Å². The van der Waals surface area contributed by atoms with Crippen LogP contribution in [0.3, 0.4) is 0 Å². The second-order valence-corrected chi connectivity index (χ2v) is 4.69. The molecule has 0 bridgehead atoms. The third-order valence-corrected chi connectivity index (χ3v) is 3.01. The van der Waals surface area contributed by atoms with Crippen molar-refractivity contribution >= 4 is 28.9 Å². The van der Waals surface area contributed by atoms with Gasteiger partial charge in [0.25, 0.3) is 0 Å². The molecule has 0 aliphatic heterocycles. The first-order valence-electron chi connectivity index (χ1n) is 5.66. The Bertz CT molecular complexity index is 660. The SMILES string of the molecule is N#Cc1ccc(CNc2cc(Cl)c(OC(F)F)c(Cl)c2)o1. The van der Waals surface area contributed by atoms with Crippen LogP contribution in [0.15, 0.2) is 28.7 Å². The number of furan rings is 1. The Morgan fingerprint density at radius 3 is 2.48 bits per heavy atom. The zero-order valence-corrected chi connectivity index (χ0v) is 11.9. The van der Waals surface area contributed by atoms with Gasteiger partial charge in [0.1, 0.15) is 11.8 Å². The highest BCUT2D eigenvalue weighted by atomic mass is 35.5. The molecule has 0 radical (unpaired) electrons. The summed E-state index contributed by atoms with van der Waals surface area (Å²) in [4.78, 5) is 0. The third-order valence-electron chi connectivity index (χ3n) is 2.44. The van der Waals surface area contributed by atoms with Gasteiger partial charge in [-0.2, -0.15) is 14.0 Å². The molecule has 2 aromatic rings. The lowest BCUT2D eigenvalue weighted by molar-refractivity contribution is -0.0497. The zero-order valence-electron chi connectivity index (χ0n) is 10.4. The fraction of sp³-hybridized carbons (Fsp3) is 0.154. The molecule has 0 atom stereocenters. The van der Waals surface area contributed by atoms with E-state index in [0.717, 1.165) is 0 Å². The first kappa shape index (κ1) is 15.4. The molecule has 0 aliphatic carbocycles. The largest absolute Gasteiger partial charge is 0.449 e. The summed E-state index contributed by atoms with van der Waals surface area (Å²) in [6.45, 7) is -2.73. The highest BCUT2D eigenvalue weighted by Gasteiger charge is 2.14. The molecule has 0 saturated carbocycles. The van der Waals surface area contributed by atoms with E-state index in [1.54, 1.807) is 6.07 Å². The van der Waals surface area contributed by atoms with E-state index in [0.29, 0.717) is 11.4 Å². The summed E-state index contributed by atoms with van der Waals surface area (Å²) in [7, 11) is 0. The number of nitrogens with one attached hydrogen (secondary N) is 1. The van der Waals surface area contributed by atoms with Crippen LogP contribution in [0.1, 0.15) is 11.5 Å². The van der Waals surface area contributed by atoms with Gasteiger partial charge in [-0.25, -0.2) is 0 Å². The summed E-state index contributed by atoms with van der Waals surface area (Å²) in [5.74, 6) is 0.457. The molecule has 21 heavy (non-hydrogen) atoms. The fourth-order valence-electron chi connectivity index (χ4n) is 1.59. The van der Waals surface area contributed by atoms with Gasteiger partial charge in [0.05, 0.1) is 16.6 Å². The van der Waals surface area contributed by atoms with Crippen LogP contribution in [0.2, 0.25) is 10.0 Å². The van der Waals surface area contributed by atoms with Crippen molar-refractivity contribution in [2.45, 2.75) is 13.2 Å². The minimum atomic E-state index is -3.01. The van der Waals surface area contributed by atoms with Crippen LogP contribution in [0.25, 0.3) is 0 Å². The number of nitrogens with zero attached hydrogens (tertiary/aromatic N) is 1. The van der Waals surface area contributed by atoms with Crippen LogP contribution < -0.4 is 10.1 Å². The van der Waals surface area contributed by atoms with E-state index in [4.69, 9.17) is 32.9 Å². The number of ether oxygens (including phenoxy) is 1. The molecule has 1 aromatic carbocycles. The molecule has 0 spiro atoms. The first-order chi connectivity index (χ1) is 9.99. The molecule has 1 N–H and O–H groups in total. The number of rotatable bonds is 5. The summed E-state index contributed by atoms with van der Waals surface area (Å²) in [5.41, 5.74) is 0.501. The van der Waals surface area contributed by atoms with Crippen LogP contribution in [0.5, 0.6) is 5.75 Å². The van der Waals surface area contributed by atoms with Crippen LogP contribution in [-0.2, 0) is 6.54 Å². The van der Waals surface area contributed by atoms with Crippen molar-refractivity contribution in [3.8, 4) is 11.8 Å². The minimum absolute atomic E-state index is 0.0394. The van der Waals surface area contributed by atoms with Crippen molar-refractivity contribution in [2.24, 2.45) is 0 Å². The van der Waals surface area contributed by atoms with Crippen molar-refractivity contribution < 1.29 is 17.9 Å². The van der Waals surface area contributed by atoms with Gasteiger partial charge >= 0.3 is 6.61 Å². The van der Waals surface area contributed by atoms with Crippen LogP contribution in [-0.4, -0.2) is 6.61 Å². The van der Waals surface area contributed by atoms with Gasteiger partial charge < -0.3 is 14.5 Å². The van der Waals surface area contributed by atoms with E-state index < -0.39 is 6.61 Å². The topological polar surface area (TPSA) is 58.2 Å². The minimum Gasteiger partial charge on any atom is -0.449 e. The fourth-order valence-corrected chi connectivity index (χ4v) is 2.16. The Morgan fingerprint density at radius 1 is 1.29 bits per heavy atom. The molecule has 110 valence electrons. The van der Waals surface area contributed by atoms with Crippen LogP contribution >= 0.6 is 23.2 Å². The summed E-state index contributed by atoms with van der Waals surface area (Å²) < 4.78 is 33.8. The number of alkyl halides is 2. The Labute approximate surface area is 128 Å². The summed E-state index contributed by atoms with van der Waals surface area (Å²) in [5, 5.41) is 11.5. The van der Waals surface area contributed by atoms with Crippen molar-refractivity contribution in [1.29, 1.82) is 5.26 Å². The van der Waals surface area contributed by atoms with E-state index in [2.05, 4.69) is 10.1 Å². The third kappa shape index (κ3) is 4.00. The molecule has 8 heteroatoms. The lowest BCUT2D eigenvalue weighted by Gasteiger charge is -2.11. The number of hydrogen-bond acceptors (Lipinski definition) is 4. The van der Waals surface area contributed by atoms with E-state index in [1.807, 2.05) is 6.07 Å². The van der Waals surface area contributed by atoms with Gasteiger partial charge in [-0.3, -0.25) is 0 Å². The second kappa shape index (κ2) is 6.66. The van der Waals surface area contributed by atoms with Gasteiger partial charge in [-0.1, -0.05) is 23.2 Å². The molecule has 0 aliphatic rings. The normalized spacial score (nSPS) is 10.5. The number of hydrogen-bond donors (Lipinski definition) is 1. The zero-order chi connectivity index (χ0) is 15.4. The molecular formula is C13H8Cl2F2N2O2. The Hall–Kier alpha value is -1.97. The Balaban J connectivity index is 2.09. The van der Waals surface area contributed by atoms with Crippen LogP contribution in [0, 0.1) is 11.3 Å². The molecule has 1 aromatic heterocycles. The van der Waals surface area contributed by atoms with Crippen molar-refractivity contribution in [3.63, 3.8) is 0 Å². The predicted octanol–water partition coefficient (Wildman–Crippen LogP) is 4.67. The standard InChI is InChI=1S/C13H8Cl2F2N2O2/c14-10-3-7(4-11(15)12(10)21-13(16)17)19-6-9-2-1-8(5-18)20-9/h1-4,13,19H,6H2. The number of benzene rings is 1. The van der Waals surface area contributed by atoms with E-state index >= 15 is 0 Å². The highest BCUT2D eigenvalue weighted by molar-refractivity contribution is 6.37. The summed E-state index contributed by atoms with van der Waals surface area (Å²) in [6, 6.07) is 7.85. The summed E-state index contributed by atoms with van der Waals surface area (Å²) >= 11 is 11.7. The number of halogens is 4. The van der Waals surface area contributed by atoms with Gasteiger partial charge in [-0.05, 0) is 24.3 Å². The maximum Gasteiger partial charge on any atom is 0.387 e. The summed E-state index contributed by atoms with van der Waals surface area (Å²) in [6.07, 6.45) is 0. The molecule has 0 saturated heterocycles. The Morgan fingerprint density at radius 2 is 1.95 bits per heavy atom. The number of nitriles is 1. The molecule has 0 fully saturated rings. The second-order valence-electron chi connectivity index (χ2n) is 3.88. The lowest BCUT2D eigenvalue weighted by atomic mass is 10.3. The van der Waals surface area contributed by atoms with Gasteiger partial charge in [-0.15, -0.1) is 0 Å². The maximum atomic E-state index is 12.2. The highest BCUT2D eigenvalue weighted by Crippen LogP contribution is 2.37. The molecule has 0 unspecified atom stereocenters. The molecule has 0 amide bonds. The van der Waals surface area contributed by atoms with E-state index in [1.165, 1.54) is 18.2 Å². The smallest absolute Gasteiger partial charge is 0.387 e. The predicted molar refractivity (Wildman–Crippen MR) is 73.8 cm³/mol. The monoisotopic (exact) mass is 332 g/mol. The molecular weight excluding hydrogens is 325 g/mol. The van der Waals surface area contributed by atoms with Gasteiger partial charge in [0, 0.05) is 5.69 Å². The van der Waals surface area contributed by atoms with Crippen molar-refractivity contribution in [3.05, 3.63) is 45.8 Å². The number of anilines is 1. The first-order valence-corrected chi connectivity index (χ1v) is 6.41. The average molecular weight is 333 g/mol. The Kier molecular flexibility index (Phi) is 4.89. The van der Waals surface area contributed by atoms with Gasteiger partial charge in [0.15, 0.2) is 5.75 Å². The van der Waals surface area contributed by atoms with Crippen molar-refractivity contribution in [2.75, 3.05) is 5.32 Å². The average Bonchev–Trinajstić information content (AvgIpc) is 2.88. The molecule has 2 rings (SSSR count).